The molecule has 1 aromatic rings. The van der Waals surface area contributed by atoms with Gasteiger partial charge in [0.2, 0.25) is 11.8 Å². The van der Waals surface area contributed by atoms with Gasteiger partial charge in [-0.1, -0.05) is 51.7 Å². The number of thiol groups is 1. The minimum atomic E-state index is -0.991. The van der Waals surface area contributed by atoms with Crippen LogP contribution in [0.2, 0.25) is 0 Å². The van der Waals surface area contributed by atoms with Gasteiger partial charge in [-0.05, 0) is 58.2 Å². The van der Waals surface area contributed by atoms with Crippen LogP contribution in [-0.4, -0.2) is 57.9 Å². The highest BCUT2D eigenvalue weighted by molar-refractivity contribution is 7.80. The Morgan fingerprint density at radius 2 is 1.78 bits per heavy atom. The van der Waals surface area contributed by atoms with E-state index < -0.39 is 29.7 Å². The number of alkyl carbamates (subject to hydrolysis) is 1. The predicted molar refractivity (Wildman–Crippen MR) is 146 cm³/mol. The highest BCUT2D eigenvalue weighted by atomic mass is 32.1. The van der Waals surface area contributed by atoms with Crippen molar-refractivity contribution >= 4 is 30.5 Å². The number of amides is 3. The zero-order valence-corrected chi connectivity index (χ0v) is 23.6. The summed E-state index contributed by atoms with van der Waals surface area (Å²) in [6.07, 6.45) is 4.59. The first-order chi connectivity index (χ1) is 16.9. The topological polar surface area (TPSA) is 108 Å². The maximum absolute atomic E-state index is 13.8. The molecule has 9 heteroatoms. The van der Waals surface area contributed by atoms with Gasteiger partial charge < -0.3 is 25.4 Å². The van der Waals surface area contributed by atoms with Gasteiger partial charge in [-0.25, -0.2) is 4.79 Å². The molecule has 0 bridgehead atoms. The summed E-state index contributed by atoms with van der Waals surface area (Å²) < 4.78 is 5.33. The Labute approximate surface area is 222 Å². The van der Waals surface area contributed by atoms with Crippen LogP contribution in [0.3, 0.4) is 0 Å². The zero-order chi connectivity index (χ0) is 27.3. The van der Waals surface area contributed by atoms with Crippen LogP contribution in [0.15, 0.2) is 24.3 Å². The number of phenolic OH excluding ortho intramolecular Hbond substituents is 1. The summed E-state index contributed by atoms with van der Waals surface area (Å²) >= 11 is 4.31. The number of carbonyl (C=O) groups is 3. The fourth-order valence-electron chi connectivity index (χ4n) is 3.91. The molecule has 3 N–H and O–H groups in total. The molecule has 1 rings (SSSR count). The summed E-state index contributed by atoms with van der Waals surface area (Å²) in [6.45, 7) is 11.6. The van der Waals surface area contributed by atoms with Crippen LogP contribution in [0.5, 0.6) is 5.75 Å². The Kier molecular flexibility index (Phi) is 13.7. The second kappa shape index (κ2) is 15.6. The molecule has 36 heavy (non-hydrogen) atoms. The van der Waals surface area contributed by atoms with Crippen LogP contribution in [0.25, 0.3) is 0 Å². The molecule has 3 atom stereocenters. The van der Waals surface area contributed by atoms with Crippen LogP contribution < -0.4 is 10.6 Å². The van der Waals surface area contributed by atoms with E-state index in [4.69, 9.17) is 4.74 Å². The molecule has 0 aliphatic rings. The van der Waals surface area contributed by atoms with Gasteiger partial charge in [-0.15, -0.1) is 0 Å². The van der Waals surface area contributed by atoms with Gasteiger partial charge in [0.25, 0.3) is 0 Å². The standard InChI is InChI=1S/C27H45N3O5S/c1-7-9-10-11-16-30(25(33)22(18-36)29-26(34)35-27(4,5)6)23(20-14-12-15-21(31)17-20)24(32)28-19(3)13-8-2/h12,14-15,17,19,22-23,31,36H,7-11,13,16,18H2,1-6H3,(H,28,32)(H,29,34). The Balaban J connectivity index is 3.38. The van der Waals surface area contributed by atoms with Crippen LogP contribution in [0.4, 0.5) is 4.79 Å². The van der Waals surface area contributed by atoms with Crippen molar-refractivity contribution in [1.29, 1.82) is 0 Å². The fraction of sp³-hybridized carbons (Fsp3) is 0.667. The third-order valence-electron chi connectivity index (χ3n) is 5.56. The summed E-state index contributed by atoms with van der Waals surface area (Å²) in [5.41, 5.74) is -0.233. The van der Waals surface area contributed by atoms with Crippen molar-refractivity contribution in [3.63, 3.8) is 0 Å². The van der Waals surface area contributed by atoms with E-state index >= 15 is 0 Å². The molecule has 3 unspecified atom stereocenters. The van der Waals surface area contributed by atoms with Gasteiger partial charge in [0.15, 0.2) is 0 Å². The highest BCUT2D eigenvalue weighted by Gasteiger charge is 2.36. The molecular weight excluding hydrogens is 478 g/mol. The van der Waals surface area contributed by atoms with Crippen LogP contribution in [0.1, 0.15) is 91.7 Å². The number of nitrogens with one attached hydrogen (secondary N) is 2. The molecule has 0 aliphatic carbocycles. The van der Waals surface area contributed by atoms with Gasteiger partial charge in [-0.2, -0.15) is 12.6 Å². The van der Waals surface area contributed by atoms with Crippen molar-refractivity contribution in [3.8, 4) is 5.75 Å². The summed E-state index contributed by atoms with van der Waals surface area (Å²) in [7, 11) is 0. The number of benzene rings is 1. The van der Waals surface area contributed by atoms with Crippen molar-refractivity contribution in [2.24, 2.45) is 0 Å². The van der Waals surface area contributed by atoms with Crippen molar-refractivity contribution in [1.82, 2.24) is 15.5 Å². The van der Waals surface area contributed by atoms with Crippen molar-refractivity contribution in [3.05, 3.63) is 29.8 Å². The lowest BCUT2D eigenvalue weighted by Crippen LogP contribution is -2.54. The fourth-order valence-corrected chi connectivity index (χ4v) is 4.15. The second-order valence-corrected chi connectivity index (χ2v) is 10.5. The van der Waals surface area contributed by atoms with E-state index in [1.165, 1.54) is 17.0 Å². The van der Waals surface area contributed by atoms with E-state index in [2.05, 4.69) is 30.2 Å². The van der Waals surface area contributed by atoms with E-state index in [1.54, 1.807) is 32.9 Å². The number of hydrogen-bond donors (Lipinski definition) is 4. The van der Waals surface area contributed by atoms with Crippen molar-refractivity contribution in [2.75, 3.05) is 12.3 Å². The van der Waals surface area contributed by atoms with E-state index in [-0.39, 0.29) is 23.5 Å². The summed E-state index contributed by atoms with van der Waals surface area (Å²) in [6, 6.07) is 4.33. The number of aromatic hydroxyl groups is 1. The molecule has 0 aromatic heterocycles. The van der Waals surface area contributed by atoms with Gasteiger partial charge >= 0.3 is 6.09 Å². The lowest BCUT2D eigenvalue weighted by Gasteiger charge is -2.35. The lowest BCUT2D eigenvalue weighted by atomic mass is 10.0. The minimum absolute atomic E-state index is 0.00270. The van der Waals surface area contributed by atoms with E-state index in [0.717, 1.165) is 32.1 Å². The maximum atomic E-state index is 13.8. The van der Waals surface area contributed by atoms with E-state index in [0.29, 0.717) is 18.5 Å². The van der Waals surface area contributed by atoms with Gasteiger partial charge in [0.05, 0.1) is 0 Å². The number of ether oxygens (including phenoxy) is 1. The first-order valence-corrected chi connectivity index (χ1v) is 13.6. The molecule has 8 nitrogen and oxygen atoms in total. The van der Waals surface area contributed by atoms with Gasteiger partial charge in [0, 0.05) is 18.3 Å². The molecule has 0 fully saturated rings. The Hall–Kier alpha value is -2.42. The summed E-state index contributed by atoms with van der Waals surface area (Å²) in [5.74, 6) is -0.730. The molecule has 0 heterocycles. The van der Waals surface area contributed by atoms with Crippen LogP contribution in [-0.2, 0) is 14.3 Å². The van der Waals surface area contributed by atoms with Crippen LogP contribution in [0, 0.1) is 0 Å². The molecule has 0 saturated carbocycles. The normalized spacial score (nSPS) is 13.9. The van der Waals surface area contributed by atoms with Crippen LogP contribution >= 0.6 is 12.6 Å². The largest absolute Gasteiger partial charge is 0.508 e. The molecular formula is C27H45N3O5S. The maximum Gasteiger partial charge on any atom is 0.408 e. The first-order valence-electron chi connectivity index (χ1n) is 12.9. The Bertz CT molecular complexity index is 843. The molecule has 0 radical (unpaired) electrons. The minimum Gasteiger partial charge on any atom is -0.508 e. The lowest BCUT2D eigenvalue weighted by molar-refractivity contribution is -0.142. The molecule has 0 aliphatic heterocycles. The van der Waals surface area contributed by atoms with Crippen molar-refractivity contribution < 1.29 is 24.2 Å². The quantitative estimate of drug-likeness (QED) is 0.203. The third kappa shape index (κ3) is 11.1. The van der Waals surface area contributed by atoms with Gasteiger partial charge in [-0.3, -0.25) is 9.59 Å². The summed E-state index contributed by atoms with van der Waals surface area (Å²) in [4.78, 5) is 41.3. The molecule has 0 saturated heterocycles. The van der Waals surface area contributed by atoms with Crippen molar-refractivity contribution in [2.45, 2.75) is 104 Å². The highest BCUT2D eigenvalue weighted by Crippen LogP contribution is 2.26. The molecule has 1 aromatic carbocycles. The number of hydrogen-bond acceptors (Lipinski definition) is 6. The Morgan fingerprint density at radius 1 is 1.08 bits per heavy atom. The first kappa shape index (κ1) is 31.6. The molecule has 204 valence electrons. The average molecular weight is 524 g/mol. The Morgan fingerprint density at radius 3 is 2.33 bits per heavy atom. The average Bonchev–Trinajstić information content (AvgIpc) is 2.77. The second-order valence-electron chi connectivity index (χ2n) is 10.2. The molecule has 0 spiro atoms. The number of rotatable bonds is 14. The number of unbranched alkanes of at least 4 members (excludes halogenated alkanes) is 3. The smallest absolute Gasteiger partial charge is 0.408 e. The SMILES string of the molecule is CCCCCCN(C(=O)C(CS)NC(=O)OC(C)(C)C)C(C(=O)NC(C)CCC)c1cccc(O)c1. The van der Waals surface area contributed by atoms with E-state index in [1.807, 2.05) is 13.8 Å². The zero-order valence-electron chi connectivity index (χ0n) is 22.7. The van der Waals surface area contributed by atoms with Gasteiger partial charge in [0.1, 0.15) is 23.4 Å². The monoisotopic (exact) mass is 523 g/mol. The number of phenols is 1. The third-order valence-corrected chi connectivity index (χ3v) is 5.93. The van der Waals surface area contributed by atoms with E-state index in [9.17, 15) is 19.5 Å². The number of nitrogens with zero attached hydrogens (tertiary/aromatic N) is 1. The number of carbonyl (C=O) groups excluding carboxylic acids is 3. The molecule has 3 amide bonds. The predicted octanol–water partition coefficient (Wildman–Crippen LogP) is 4.97. The summed E-state index contributed by atoms with van der Waals surface area (Å²) in [5, 5.41) is 15.8.